The average molecular weight is 460 g/mol. The fraction of sp³-hybridized carbons (Fsp3) is 0.222. The van der Waals surface area contributed by atoms with Crippen molar-refractivity contribution in [3.8, 4) is 0 Å². The van der Waals surface area contributed by atoms with E-state index in [1.807, 2.05) is 0 Å². The number of nitrogens with zero attached hydrogens (tertiary/aromatic N) is 2. The third-order valence-electron chi connectivity index (χ3n) is 4.06. The maximum absolute atomic E-state index is 12.5. The van der Waals surface area contributed by atoms with Crippen LogP contribution < -0.4 is 10.6 Å². The van der Waals surface area contributed by atoms with Gasteiger partial charge in [-0.25, -0.2) is 0 Å². The number of halogens is 3. The largest absolute Gasteiger partial charge is 0.325 e. The molecule has 0 radical (unpaired) electrons. The highest BCUT2D eigenvalue weighted by atomic mass is 35.5. The van der Waals surface area contributed by atoms with E-state index in [4.69, 9.17) is 34.8 Å². The van der Waals surface area contributed by atoms with Gasteiger partial charge >= 0.3 is 0 Å². The maximum atomic E-state index is 12.5. The van der Waals surface area contributed by atoms with Crippen molar-refractivity contribution >= 4 is 63.7 Å². The monoisotopic (exact) mass is 458 g/mol. The Labute approximate surface area is 181 Å². The van der Waals surface area contributed by atoms with Crippen LogP contribution in [0.3, 0.4) is 0 Å². The minimum absolute atomic E-state index is 0.0858. The zero-order chi connectivity index (χ0) is 21.7. The second kappa shape index (κ2) is 9.89. The van der Waals surface area contributed by atoms with Gasteiger partial charge in [0, 0.05) is 17.8 Å². The van der Waals surface area contributed by atoms with Crippen molar-refractivity contribution in [3.63, 3.8) is 0 Å². The molecule has 2 N–H and O–H groups in total. The minimum atomic E-state index is -0.718. The summed E-state index contributed by atoms with van der Waals surface area (Å²) < 4.78 is 0. The molecule has 29 heavy (non-hydrogen) atoms. The topological polar surface area (TPSA) is 105 Å². The van der Waals surface area contributed by atoms with Crippen molar-refractivity contribution in [2.45, 2.75) is 13.0 Å². The standard InChI is InChI=1S/C18H17Cl3N4O4/c1-10(18(27)23-16-8-12(25(28)29)4-6-14(16)20)24(2)9-17(26)22-11-3-5-13(19)15(21)7-11/h3-8,10H,9H2,1-2H3,(H,22,26)(H,23,27). The number of benzene rings is 2. The molecule has 0 heterocycles. The van der Waals surface area contributed by atoms with Crippen LogP contribution in [-0.2, 0) is 9.59 Å². The van der Waals surface area contributed by atoms with E-state index >= 15 is 0 Å². The lowest BCUT2D eigenvalue weighted by atomic mass is 10.2. The van der Waals surface area contributed by atoms with Gasteiger partial charge in [0.2, 0.25) is 11.8 Å². The lowest BCUT2D eigenvalue weighted by molar-refractivity contribution is -0.384. The van der Waals surface area contributed by atoms with Crippen LogP contribution in [0.2, 0.25) is 15.1 Å². The van der Waals surface area contributed by atoms with Gasteiger partial charge in [0.25, 0.3) is 5.69 Å². The SMILES string of the molecule is CC(C(=O)Nc1cc([N+](=O)[O-])ccc1Cl)N(C)CC(=O)Nc1ccc(Cl)c(Cl)c1. The van der Waals surface area contributed by atoms with E-state index in [9.17, 15) is 19.7 Å². The first-order chi connectivity index (χ1) is 13.6. The molecule has 2 rings (SSSR count). The van der Waals surface area contributed by atoms with Gasteiger partial charge in [0.05, 0.1) is 38.3 Å². The first kappa shape index (κ1) is 22.9. The van der Waals surface area contributed by atoms with Crippen LogP contribution in [0.5, 0.6) is 0 Å². The van der Waals surface area contributed by atoms with Gasteiger partial charge in [-0.2, -0.15) is 0 Å². The highest BCUT2D eigenvalue weighted by Crippen LogP contribution is 2.27. The van der Waals surface area contributed by atoms with Crippen molar-refractivity contribution in [1.82, 2.24) is 4.90 Å². The molecule has 2 aromatic carbocycles. The fourth-order valence-electron chi connectivity index (χ4n) is 2.30. The Balaban J connectivity index is 1.98. The van der Waals surface area contributed by atoms with Crippen molar-refractivity contribution in [2.24, 2.45) is 0 Å². The summed E-state index contributed by atoms with van der Waals surface area (Å²) in [5.41, 5.74) is 0.386. The number of anilines is 2. The molecule has 8 nitrogen and oxygen atoms in total. The number of hydrogen-bond acceptors (Lipinski definition) is 5. The molecular formula is C18H17Cl3N4O4. The Morgan fingerprint density at radius 1 is 1.07 bits per heavy atom. The van der Waals surface area contributed by atoms with Crippen LogP contribution in [0, 0.1) is 10.1 Å². The molecule has 0 fully saturated rings. The first-order valence-corrected chi connectivity index (χ1v) is 9.42. The molecule has 0 aromatic heterocycles. The second-order valence-electron chi connectivity index (χ2n) is 6.18. The summed E-state index contributed by atoms with van der Waals surface area (Å²) in [6.07, 6.45) is 0. The molecule has 154 valence electrons. The maximum Gasteiger partial charge on any atom is 0.271 e. The van der Waals surface area contributed by atoms with Crippen LogP contribution in [0.4, 0.5) is 17.1 Å². The van der Waals surface area contributed by atoms with Gasteiger partial charge < -0.3 is 10.6 Å². The normalized spacial score (nSPS) is 11.8. The molecule has 0 saturated heterocycles. The molecule has 1 atom stereocenters. The Bertz CT molecular complexity index is 955. The minimum Gasteiger partial charge on any atom is -0.325 e. The molecule has 11 heteroatoms. The quantitative estimate of drug-likeness (QED) is 0.470. The average Bonchev–Trinajstić information content (AvgIpc) is 2.65. The molecule has 0 aliphatic carbocycles. The summed E-state index contributed by atoms with van der Waals surface area (Å²) in [6.45, 7) is 1.50. The Kier molecular flexibility index (Phi) is 7.80. The summed E-state index contributed by atoms with van der Waals surface area (Å²) >= 11 is 17.7. The van der Waals surface area contributed by atoms with Crippen molar-refractivity contribution in [3.05, 3.63) is 61.6 Å². The molecule has 1 unspecified atom stereocenters. The van der Waals surface area contributed by atoms with E-state index in [-0.39, 0.29) is 28.8 Å². The number of amides is 2. The summed E-state index contributed by atoms with van der Waals surface area (Å²) in [5.74, 6) is -0.837. The Morgan fingerprint density at radius 3 is 2.34 bits per heavy atom. The number of likely N-dealkylation sites (N-methyl/N-ethyl adjacent to an activating group) is 1. The third kappa shape index (κ3) is 6.30. The zero-order valence-corrected chi connectivity index (χ0v) is 17.7. The number of hydrogen-bond donors (Lipinski definition) is 2. The lowest BCUT2D eigenvalue weighted by Gasteiger charge is -2.23. The van der Waals surface area contributed by atoms with Crippen molar-refractivity contribution in [2.75, 3.05) is 24.2 Å². The highest BCUT2D eigenvalue weighted by Gasteiger charge is 2.22. The number of nitro benzene ring substituents is 1. The van der Waals surface area contributed by atoms with E-state index in [0.717, 1.165) is 0 Å². The Hall–Kier alpha value is -2.39. The summed E-state index contributed by atoms with van der Waals surface area (Å²) in [5, 5.41) is 16.9. The highest BCUT2D eigenvalue weighted by molar-refractivity contribution is 6.42. The van der Waals surface area contributed by atoms with Crippen molar-refractivity contribution in [1.29, 1.82) is 0 Å². The fourth-order valence-corrected chi connectivity index (χ4v) is 2.76. The van der Waals surface area contributed by atoms with Gasteiger partial charge in [0.15, 0.2) is 0 Å². The summed E-state index contributed by atoms with van der Waals surface area (Å²) in [7, 11) is 1.59. The number of nitrogens with one attached hydrogen (secondary N) is 2. The van der Waals surface area contributed by atoms with E-state index < -0.39 is 16.9 Å². The third-order valence-corrected chi connectivity index (χ3v) is 5.12. The first-order valence-electron chi connectivity index (χ1n) is 8.28. The zero-order valence-electron chi connectivity index (χ0n) is 15.4. The van der Waals surface area contributed by atoms with E-state index in [2.05, 4.69) is 10.6 Å². The molecule has 0 aliphatic heterocycles. The lowest BCUT2D eigenvalue weighted by Crippen LogP contribution is -2.43. The van der Waals surface area contributed by atoms with E-state index in [1.54, 1.807) is 26.1 Å². The number of carbonyl (C=O) groups excluding carboxylic acids is 2. The van der Waals surface area contributed by atoms with Gasteiger partial charge in [-0.15, -0.1) is 0 Å². The predicted octanol–water partition coefficient (Wildman–Crippen LogP) is 4.45. The molecule has 0 aliphatic rings. The molecule has 0 bridgehead atoms. The smallest absolute Gasteiger partial charge is 0.271 e. The summed E-state index contributed by atoms with van der Waals surface area (Å²) in [6, 6.07) is 7.70. The number of rotatable bonds is 7. The number of carbonyl (C=O) groups is 2. The van der Waals surface area contributed by atoms with E-state index in [0.29, 0.717) is 15.7 Å². The summed E-state index contributed by atoms with van der Waals surface area (Å²) in [4.78, 5) is 36.5. The van der Waals surface area contributed by atoms with Gasteiger partial charge in [-0.1, -0.05) is 34.8 Å². The number of non-ortho nitro benzene ring substituents is 1. The molecule has 0 spiro atoms. The molecule has 2 amide bonds. The van der Waals surface area contributed by atoms with Crippen LogP contribution in [-0.4, -0.2) is 41.3 Å². The number of nitro groups is 1. The molecule has 2 aromatic rings. The molecule has 0 saturated carbocycles. The predicted molar refractivity (Wildman–Crippen MR) is 114 cm³/mol. The van der Waals surface area contributed by atoms with Crippen LogP contribution >= 0.6 is 34.8 Å². The van der Waals surface area contributed by atoms with Gasteiger partial charge in [0.1, 0.15) is 0 Å². The van der Waals surface area contributed by atoms with Crippen LogP contribution in [0.25, 0.3) is 0 Å². The van der Waals surface area contributed by atoms with Gasteiger partial charge in [-0.3, -0.25) is 24.6 Å². The van der Waals surface area contributed by atoms with Crippen molar-refractivity contribution < 1.29 is 14.5 Å². The van der Waals surface area contributed by atoms with Crippen LogP contribution in [0.15, 0.2) is 36.4 Å². The Morgan fingerprint density at radius 2 is 1.72 bits per heavy atom. The van der Waals surface area contributed by atoms with Gasteiger partial charge in [-0.05, 0) is 38.2 Å². The second-order valence-corrected chi connectivity index (χ2v) is 7.40. The van der Waals surface area contributed by atoms with Crippen LogP contribution in [0.1, 0.15) is 6.92 Å². The van der Waals surface area contributed by atoms with E-state index in [1.165, 1.54) is 29.2 Å². The molecular weight excluding hydrogens is 443 g/mol.